The first-order valence-corrected chi connectivity index (χ1v) is 9.03. The molecule has 4 nitrogen and oxygen atoms in total. The van der Waals surface area contributed by atoms with Crippen molar-refractivity contribution >= 4 is 17.7 Å². The largest absolute Gasteiger partial charge is 0.450 e. The van der Waals surface area contributed by atoms with Crippen molar-refractivity contribution in [3.63, 3.8) is 0 Å². The maximum absolute atomic E-state index is 11.9. The molecule has 1 unspecified atom stereocenters. The van der Waals surface area contributed by atoms with Gasteiger partial charge in [-0.1, -0.05) is 54.1 Å². The molecule has 1 saturated heterocycles. The van der Waals surface area contributed by atoms with E-state index in [-0.39, 0.29) is 12.1 Å². The number of carbonyl (C=O) groups excluding carboxylic acids is 1. The van der Waals surface area contributed by atoms with E-state index >= 15 is 0 Å². The number of ether oxygens (including phenoxy) is 1. The third kappa shape index (κ3) is 4.33. The van der Waals surface area contributed by atoms with Crippen molar-refractivity contribution in [3.05, 3.63) is 70.7 Å². The SMILES string of the molecule is CCOC(=O)N1CCN(C(c2ccccc2)c2ccc(Cl)cc2)CC1. The van der Waals surface area contributed by atoms with Gasteiger partial charge in [0.25, 0.3) is 0 Å². The molecule has 0 bridgehead atoms. The standard InChI is InChI=1S/C20H23ClN2O2/c1-2-25-20(24)23-14-12-22(13-15-23)19(16-6-4-3-5-7-16)17-8-10-18(21)11-9-17/h3-11,19H,2,12-15H2,1H3. The lowest BCUT2D eigenvalue weighted by Crippen LogP contribution is -2.50. The predicted molar refractivity (Wildman–Crippen MR) is 99.9 cm³/mol. The number of hydrogen-bond acceptors (Lipinski definition) is 3. The van der Waals surface area contributed by atoms with E-state index < -0.39 is 0 Å². The maximum Gasteiger partial charge on any atom is 0.409 e. The van der Waals surface area contributed by atoms with Gasteiger partial charge in [-0.15, -0.1) is 0 Å². The van der Waals surface area contributed by atoms with Crippen molar-refractivity contribution < 1.29 is 9.53 Å². The predicted octanol–water partition coefficient (Wildman–Crippen LogP) is 4.20. The summed E-state index contributed by atoms with van der Waals surface area (Å²) in [6, 6.07) is 18.6. The fourth-order valence-corrected chi connectivity index (χ4v) is 3.40. The number of benzene rings is 2. The van der Waals surface area contributed by atoms with E-state index in [1.165, 1.54) is 11.1 Å². The smallest absolute Gasteiger partial charge is 0.409 e. The lowest BCUT2D eigenvalue weighted by atomic mass is 9.96. The summed E-state index contributed by atoms with van der Waals surface area (Å²) in [6.07, 6.45) is -0.218. The Balaban J connectivity index is 1.79. The van der Waals surface area contributed by atoms with Crippen LogP contribution < -0.4 is 0 Å². The van der Waals surface area contributed by atoms with E-state index in [1.54, 1.807) is 4.90 Å². The fraction of sp³-hybridized carbons (Fsp3) is 0.350. The zero-order chi connectivity index (χ0) is 17.6. The van der Waals surface area contributed by atoms with Crippen LogP contribution in [0.4, 0.5) is 4.79 Å². The van der Waals surface area contributed by atoms with Crippen LogP contribution in [0.1, 0.15) is 24.1 Å². The summed E-state index contributed by atoms with van der Waals surface area (Å²) in [6.45, 7) is 5.21. The molecule has 0 saturated carbocycles. The lowest BCUT2D eigenvalue weighted by molar-refractivity contribution is 0.0715. The van der Waals surface area contributed by atoms with Crippen molar-refractivity contribution in [3.8, 4) is 0 Å². The second-order valence-electron chi connectivity index (χ2n) is 6.09. The summed E-state index contributed by atoms with van der Waals surface area (Å²) in [4.78, 5) is 16.1. The first kappa shape index (κ1) is 17.8. The summed E-state index contributed by atoms with van der Waals surface area (Å²) in [5.74, 6) is 0. The van der Waals surface area contributed by atoms with Gasteiger partial charge in [0.1, 0.15) is 0 Å². The summed E-state index contributed by atoms with van der Waals surface area (Å²) < 4.78 is 5.11. The van der Waals surface area contributed by atoms with Gasteiger partial charge in [0, 0.05) is 31.2 Å². The first-order chi connectivity index (χ1) is 12.2. The Hall–Kier alpha value is -2.04. The molecule has 5 heteroatoms. The molecule has 0 aliphatic carbocycles. The Morgan fingerprint density at radius 1 is 1.00 bits per heavy atom. The summed E-state index contributed by atoms with van der Waals surface area (Å²) in [7, 11) is 0. The van der Waals surface area contributed by atoms with Crippen LogP contribution in [0.15, 0.2) is 54.6 Å². The van der Waals surface area contributed by atoms with Crippen LogP contribution in [-0.2, 0) is 4.74 Å². The van der Waals surface area contributed by atoms with Gasteiger partial charge in [-0.3, -0.25) is 4.90 Å². The van der Waals surface area contributed by atoms with Gasteiger partial charge in [-0.25, -0.2) is 4.79 Å². The minimum Gasteiger partial charge on any atom is -0.450 e. The number of halogens is 1. The van der Waals surface area contributed by atoms with Gasteiger partial charge >= 0.3 is 6.09 Å². The molecular weight excluding hydrogens is 336 g/mol. The monoisotopic (exact) mass is 358 g/mol. The van der Waals surface area contributed by atoms with E-state index in [0.717, 1.165) is 18.1 Å². The van der Waals surface area contributed by atoms with Crippen LogP contribution >= 0.6 is 11.6 Å². The van der Waals surface area contributed by atoms with Gasteiger partial charge in [0.2, 0.25) is 0 Å². The molecule has 2 aromatic carbocycles. The number of nitrogens with zero attached hydrogens (tertiary/aromatic N) is 2. The molecule has 0 radical (unpaired) electrons. The second-order valence-corrected chi connectivity index (χ2v) is 6.52. The number of amides is 1. The van der Waals surface area contributed by atoms with Crippen molar-refractivity contribution in [2.45, 2.75) is 13.0 Å². The fourth-order valence-electron chi connectivity index (χ4n) is 3.27. The number of carbonyl (C=O) groups is 1. The summed E-state index contributed by atoms with van der Waals surface area (Å²) in [5, 5.41) is 0.739. The Morgan fingerprint density at radius 2 is 1.60 bits per heavy atom. The molecule has 2 aromatic rings. The molecule has 0 N–H and O–H groups in total. The van der Waals surface area contributed by atoms with Crippen LogP contribution in [-0.4, -0.2) is 48.7 Å². The quantitative estimate of drug-likeness (QED) is 0.821. The van der Waals surface area contributed by atoms with Gasteiger partial charge in [-0.2, -0.15) is 0 Å². The minimum absolute atomic E-state index is 0.155. The van der Waals surface area contributed by atoms with E-state index in [1.807, 2.05) is 25.1 Å². The average Bonchev–Trinajstić information content (AvgIpc) is 2.65. The lowest BCUT2D eigenvalue weighted by Gasteiger charge is -2.39. The molecular formula is C20H23ClN2O2. The third-order valence-corrected chi connectivity index (χ3v) is 4.76. The second kappa shape index (κ2) is 8.37. The van der Waals surface area contributed by atoms with Crippen LogP contribution in [0.3, 0.4) is 0 Å². The van der Waals surface area contributed by atoms with Crippen molar-refractivity contribution in [2.75, 3.05) is 32.8 Å². The Kier molecular flexibility index (Phi) is 5.95. The van der Waals surface area contributed by atoms with Crippen molar-refractivity contribution in [1.82, 2.24) is 9.80 Å². The van der Waals surface area contributed by atoms with E-state index in [4.69, 9.17) is 16.3 Å². The number of hydrogen-bond donors (Lipinski definition) is 0. The molecule has 1 atom stereocenters. The van der Waals surface area contributed by atoms with E-state index in [9.17, 15) is 4.79 Å². The minimum atomic E-state index is -0.218. The number of piperazine rings is 1. The van der Waals surface area contributed by atoms with Gasteiger partial charge in [-0.05, 0) is 30.2 Å². The molecule has 3 rings (SSSR count). The zero-order valence-electron chi connectivity index (χ0n) is 14.4. The molecule has 1 amide bonds. The molecule has 1 aliphatic heterocycles. The molecule has 0 aromatic heterocycles. The molecule has 1 heterocycles. The van der Waals surface area contributed by atoms with Gasteiger partial charge in [0.15, 0.2) is 0 Å². The summed E-state index contributed by atoms with van der Waals surface area (Å²) in [5.41, 5.74) is 2.45. The van der Waals surface area contributed by atoms with Gasteiger partial charge in [0.05, 0.1) is 12.6 Å². The molecule has 1 fully saturated rings. The zero-order valence-corrected chi connectivity index (χ0v) is 15.2. The van der Waals surface area contributed by atoms with Crippen molar-refractivity contribution in [2.24, 2.45) is 0 Å². The first-order valence-electron chi connectivity index (χ1n) is 8.65. The summed E-state index contributed by atoms with van der Waals surface area (Å²) >= 11 is 6.06. The van der Waals surface area contributed by atoms with E-state index in [0.29, 0.717) is 19.7 Å². The Bertz CT molecular complexity index is 683. The Labute approximate surface area is 154 Å². The highest BCUT2D eigenvalue weighted by Gasteiger charge is 2.28. The molecule has 1 aliphatic rings. The van der Waals surface area contributed by atoms with Crippen LogP contribution in [0, 0.1) is 0 Å². The maximum atomic E-state index is 11.9. The highest BCUT2D eigenvalue weighted by atomic mass is 35.5. The van der Waals surface area contributed by atoms with Gasteiger partial charge < -0.3 is 9.64 Å². The third-order valence-electron chi connectivity index (χ3n) is 4.51. The highest BCUT2D eigenvalue weighted by molar-refractivity contribution is 6.30. The van der Waals surface area contributed by atoms with Crippen molar-refractivity contribution in [1.29, 1.82) is 0 Å². The molecule has 132 valence electrons. The highest BCUT2D eigenvalue weighted by Crippen LogP contribution is 2.30. The number of rotatable bonds is 4. The van der Waals surface area contributed by atoms with Crippen LogP contribution in [0.2, 0.25) is 5.02 Å². The Morgan fingerprint density at radius 3 is 2.20 bits per heavy atom. The van der Waals surface area contributed by atoms with Crippen LogP contribution in [0.25, 0.3) is 0 Å². The molecule has 25 heavy (non-hydrogen) atoms. The van der Waals surface area contributed by atoms with E-state index in [2.05, 4.69) is 41.3 Å². The average molecular weight is 359 g/mol. The molecule has 0 spiro atoms. The van der Waals surface area contributed by atoms with Crippen LogP contribution in [0.5, 0.6) is 0 Å². The topological polar surface area (TPSA) is 32.8 Å². The normalized spacial score (nSPS) is 16.5.